The van der Waals surface area contributed by atoms with Crippen LogP contribution in [0.4, 0.5) is 10.8 Å². The lowest BCUT2D eigenvalue weighted by Crippen LogP contribution is -2.18. The number of pyridine rings is 1. The molecule has 0 radical (unpaired) electrons. The standard InChI is InChI=1S/C26H27N3O3S/c1-5-31-20-13-11-19(12-14-20)24(28-22-10-6-8-16(2)27-22)23-17(3)18(4)33-26(23)29-25(30)21-9-7-15-32-21/h6-15,24H,5H2,1-4H3,(H,27,28)(H,29,30)/t24-/m1/s1. The number of aryl methyl sites for hydroxylation is 2. The van der Waals surface area contributed by atoms with E-state index in [1.54, 1.807) is 23.5 Å². The number of rotatable bonds is 8. The molecule has 170 valence electrons. The van der Waals surface area contributed by atoms with Crippen LogP contribution in [0.5, 0.6) is 5.75 Å². The molecule has 1 amide bonds. The van der Waals surface area contributed by atoms with Crippen molar-refractivity contribution < 1.29 is 13.9 Å². The van der Waals surface area contributed by atoms with Gasteiger partial charge in [-0.2, -0.15) is 0 Å². The maximum Gasteiger partial charge on any atom is 0.291 e. The van der Waals surface area contributed by atoms with Crippen molar-refractivity contribution in [2.45, 2.75) is 33.7 Å². The summed E-state index contributed by atoms with van der Waals surface area (Å²) in [7, 11) is 0. The SMILES string of the molecule is CCOc1ccc([C@@H](Nc2cccc(C)n2)c2c(NC(=O)c3ccco3)sc(C)c2C)cc1. The number of carbonyl (C=O) groups is 1. The first kappa shape index (κ1) is 22.6. The summed E-state index contributed by atoms with van der Waals surface area (Å²) in [5.41, 5.74) is 4.09. The highest BCUT2D eigenvalue weighted by Gasteiger charge is 2.25. The van der Waals surface area contributed by atoms with Crippen LogP contribution in [0.1, 0.15) is 50.8 Å². The molecule has 1 aromatic carbocycles. The van der Waals surface area contributed by atoms with E-state index in [1.165, 1.54) is 6.26 Å². The van der Waals surface area contributed by atoms with Gasteiger partial charge in [0.05, 0.1) is 18.9 Å². The quantitative estimate of drug-likeness (QED) is 0.313. The van der Waals surface area contributed by atoms with Crippen molar-refractivity contribution in [2.75, 3.05) is 17.2 Å². The van der Waals surface area contributed by atoms with E-state index in [-0.39, 0.29) is 17.7 Å². The van der Waals surface area contributed by atoms with E-state index >= 15 is 0 Å². The summed E-state index contributed by atoms with van der Waals surface area (Å²) < 4.78 is 10.9. The van der Waals surface area contributed by atoms with Gasteiger partial charge in [0.2, 0.25) is 0 Å². The minimum Gasteiger partial charge on any atom is -0.494 e. The van der Waals surface area contributed by atoms with Gasteiger partial charge in [0.1, 0.15) is 16.6 Å². The van der Waals surface area contributed by atoms with Gasteiger partial charge in [-0.15, -0.1) is 11.3 Å². The molecule has 6 nitrogen and oxygen atoms in total. The first-order chi connectivity index (χ1) is 16.0. The second-order valence-corrected chi connectivity index (χ2v) is 8.93. The van der Waals surface area contributed by atoms with Crippen molar-refractivity contribution in [1.29, 1.82) is 0 Å². The summed E-state index contributed by atoms with van der Waals surface area (Å²) in [6, 6.07) is 17.0. The Morgan fingerprint density at radius 2 is 1.88 bits per heavy atom. The third kappa shape index (κ3) is 5.09. The molecule has 1 atom stereocenters. The van der Waals surface area contributed by atoms with Crippen molar-refractivity contribution in [2.24, 2.45) is 0 Å². The van der Waals surface area contributed by atoms with Gasteiger partial charge in [-0.05, 0) is 75.2 Å². The molecule has 4 aromatic rings. The predicted molar refractivity (Wildman–Crippen MR) is 133 cm³/mol. The molecule has 33 heavy (non-hydrogen) atoms. The van der Waals surface area contributed by atoms with Crippen LogP contribution in [0.2, 0.25) is 0 Å². The molecule has 0 saturated heterocycles. The Morgan fingerprint density at radius 3 is 2.55 bits per heavy atom. The molecular weight excluding hydrogens is 434 g/mol. The maximum atomic E-state index is 12.8. The van der Waals surface area contributed by atoms with Crippen molar-refractivity contribution in [3.63, 3.8) is 0 Å². The van der Waals surface area contributed by atoms with Crippen LogP contribution < -0.4 is 15.4 Å². The smallest absolute Gasteiger partial charge is 0.291 e. The van der Waals surface area contributed by atoms with Gasteiger partial charge < -0.3 is 19.8 Å². The fourth-order valence-electron chi connectivity index (χ4n) is 3.67. The van der Waals surface area contributed by atoms with Gasteiger partial charge in [0.15, 0.2) is 5.76 Å². The molecule has 0 saturated carbocycles. The average Bonchev–Trinajstić information content (AvgIpc) is 3.42. The largest absolute Gasteiger partial charge is 0.494 e. The molecule has 3 heterocycles. The van der Waals surface area contributed by atoms with Gasteiger partial charge >= 0.3 is 0 Å². The summed E-state index contributed by atoms with van der Waals surface area (Å²) in [5.74, 6) is 1.58. The number of hydrogen-bond donors (Lipinski definition) is 2. The van der Waals surface area contributed by atoms with Crippen LogP contribution in [0.3, 0.4) is 0 Å². The number of nitrogens with one attached hydrogen (secondary N) is 2. The molecule has 0 bridgehead atoms. The molecule has 0 aliphatic rings. The number of anilines is 2. The summed E-state index contributed by atoms with van der Waals surface area (Å²) in [6.45, 7) is 8.68. The number of benzene rings is 1. The van der Waals surface area contributed by atoms with Gasteiger partial charge in [0, 0.05) is 16.1 Å². The first-order valence-corrected chi connectivity index (χ1v) is 11.7. The minimum atomic E-state index is -0.276. The van der Waals surface area contributed by atoms with Crippen LogP contribution in [-0.2, 0) is 0 Å². The van der Waals surface area contributed by atoms with E-state index in [0.717, 1.165) is 43.8 Å². The molecular formula is C26H27N3O3S. The molecule has 4 rings (SSSR count). The summed E-state index contributed by atoms with van der Waals surface area (Å²) in [6.07, 6.45) is 1.49. The van der Waals surface area contributed by atoms with E-state index in [2.05, 4.69) is 29.5 Å². The zero-order chi connectivity index (χ0) is 23.4. The van der Waals surface area contributed by atoms with E-state index in [1.807, 2.05) is 56.3 Å². The number of aromatic nitrogens is 1. The molecule has 0 spiro atoms. The van der Waals surface area contributed by atoms with Crippen molar-refractivity contribution >= 4 is 28.1 Å². The average molecular weight is 462 g/mol. The highest BCUT2D eigenvalue weighted by Crippen LogP contribution is 2.41. The van der Waals surface area contributed by atoms with Gasteiger partial charge in [-0.1, -0.05) is 18.2 Å². The highest BCUT2D eigenvalue weighted by atomic mass is 32.1. The molecule has 3 aromatic heterocycles. The zero-order valence-corrected chi connectivity index (χ0v) is 20.0. The number of amides is 1. The lowest BCUT2D eigenvalue weighted by atomic mass is 9.96. The highest BCUT2D eigenvalue weighted by molar-refractivity contribution is 7.16. The van der Waals surface area contributed by atoms with Gasteiger partial charge in [-0.25, -0.2) is 4.98 Å². The Hall–Kier alpha value is -3.58. The topological polar surface area (TPSA) is 76.4 Å². The van der Waals surface area contributed by atoms with Crippen molar-refractivity contribution in [3.8, 4) is 5.75 Å². The summed E-state index contributed by atoms with van der Waals surface area (Å²) in [5, 5.41) is 7.42. The van der Waals surface area contributed by atoms with Crippen molar-refractivity contribution in [3.05, 3.63) is 93.9 Å². The van der Waals surface area contributed by atoms with E-state index in [0.29, 0.717) is 6.61 Å². The molecule has 0 unspecified atom stereocenters. The molecule has 2 N–H and O–H groups in total. The zero-order valence-electron chi connectivity index (χ0n) is 19.1. The van der Waals surface area contributed by atoms with E-state index in [9.17, 15) is 4.79 Å². The number of ether oxygens (including phenoxy) is 1. The predicted octanol–water partition coefficient (Wildman–Crippen LogP) is 6.51. The second kappa shape index (κ2) is 9.92. The number of carbonyl (C=O) groups excluding carboxylic acids is 1. The number of hydrogen-bond acceptors (Lipinski definition) is 6. The fraction of sp³-hybridized carbons (Fsp3) is 0.231. The summed E-state index contributed by atoms with van der Waals surface area (Å²) in [4.78, 5) is 18.6. The maximum absolute atomic E-state index is 12.8. The van der Waals surface area contributed by atoms with Gasteiger partial charge in [0.25, 0.3) is 5.91 Å². The Bertz CT molecular complexity index is 1230. The fourth-order valence-corrected chi connectivity index (χ4v) is 4.77. The number of furan rings is 1. The Kier molecular flexibility index (Phi) is 6.79. The monoisotopic (exact) mass is 461 g/mol. The Balaban J connectivity index is 1.77. The van der Waals surface area contributed by atoms with E-state index in [4.69, 9.17) is 9.15 Å². The van der Waals surface area contributed by atoms with Crippen molar-refractivity contribution in [1.82, 2.24) is 4.98 Å². The third-order valence-corrected chi connectivity index (χ3v) is 6.54. The lowest BCUT2D eigenvalue weighted by Gasteiger charge is -2.23. The minimum absolute atomic E-state index is 0.230. The lowest BCUT2D eigenvalue weighted by molar-refractivity contribution is 0.0997. The molecule has 0 fully saturated rings. The van der Waals surface area contributed by atoms with Crippen LogP contribution in [-0.4, -0.2) is 17.5 Å². The number of thiophene rings is 1. The van der Waals surface area contributed by atoms with Crippen LogP contribution in [0, 0.1) is 20.8 Å². The van der Waals surface area contributed by atoms with Crippen LogP contribution in [0.25, 0.3) is 0 Å². The second-order valence-electron chi connectivity index (χ2n) is 7.70. The first-order valence-electron chi connectivity index (χ1n) is 10.8. The molecule has 0 aliphatic carbocycles. The number of nitrogens with zero attached hydrogens (tertiary/aromatic N) is 1. The molecule has 7 heteroatoms. The van der Waals surface area contributed by atoms with Crippen LogP contribution in [0.15, 0.2) is 65.3 Å². The Labute approximate surface area is 197 Å². The van der Waals surface area contributed by atoms with Gasteiger partial charge in [-0.3, -0.25) is 4.79 Å². The Morgan fingerprint density at radius 1 is 1.09 bits per heavy atom. The summed E-state index contributed by atoms with van der Waals surface area (Å²) >= 11 is 1.56. The normalized spacial score (nSPS) is 11.8. The third-order valence-electron chi connectivity index (χ3n) is 5.40. The van der Waals surface area contributed by atoms with Crippen LogP contribution >= 0.6 is 11.3 Å². The van der Waals surface area contributed by atoms with E-state index < -0.39 is 0 Å². The molecule has 0 aliphatic heterocycles.